The van der Waals surface area contributed by atoms with Crippen molar-refractivity contribution >= 4 is 51.7 Å². The molecule has 29 heavy (non-hydrogen) atoms. The van der Waals surface area contributed by atoms with Crippen LogP contribution in [0.4, 0.5) is 11.4 Å². The number of anilines is 1. The minimum Gasteiger partial charge on any atom is -0.431 e. The third kappa shape index (κ3) is 4.46. The van der Waals surface area contributed by atoms with E-state index in [0.29, 0.717) is 47.5 Å². The molecule has 3 aromatic rings. The van der Waals surface area contributed by atoms with Gasteiger partial charge in [-0.1, -0.05) is 23.4 Å². The Bertz CT molecular complexity index is 1050. The van der Waals surface area contributed by atoms with Gasteiger partial charge in [0.25, 0.3) is 10.9 Å². The monoisotopic (exact) mass is 432 g/mol. The molecule has 1 fully saturated rings. The van der Waals surface area contributed by atoms with E-state index in [1.54, 1.807) is 30.3 Å². The van der Waals surface area contributed by atoms with Gasteiger partial charge in [-0.15, -0.1) is 0 Å². The number of nitrogens with zero attached hydrogens (tertiary/aromatic N) is 4. The summed E-state index contributed by atoms with van der Waals surface area (Å²) in [4.78, 5) is 31.2. The lowest BCUT2D eigenvalue weighted by molar-refractivity contribution is -0.384. The molecule has 8 nitrogen and oxygen atoms in total. The van der Waals surface area contributed by atoms with Crippen LogP contribution in [0, 0.1) is 10.1 Å². The fourth-order valence-electron chi connectivity index (χ4n) is 3.16. The van der Waals surface area contributed by atoms with E-state index in [2.05, 4.69) is 9.88 Å². The fraction of sp³-hybridized carbons (Fsp3) is 0.263. The lowest BCUT2D eigenvalue weighted by Gasteiger charge is -2.36. The molecule has 0 spiro atoms. The van der Waals surface area contributed by atoms with Gasteiger partial charge in [0.1, 0.15) is 5.52 Å². The maximum Gasteiger partial charge on any atom is 0.269 e. The van der Waals surface area contributed by atoms with Crippen molar-refractivity contribution in [2.45, 2.75) is 5.22 Å². The van der Waals surface area contributed by atoms with Crippen molar-refractivity contribution in [3.63, 3.8) is 0 Å². The number of thioether (sulfide) groups is 1. The molecular weight excluding hydrogens is 416 g/mol. The van der Waals surface area contributed by atoms with Crippen LogP contribution in [0.2, 0.25) is 5.02 Å². The normalized spacial score (nSPS) is 14.4. The highest BCUT2D eigenvalue weighted by Crippen LogP contribution is 2.26. The summed E-state index contributed by atoms with van der Waals surface area (Å²) in [6.07, 6.45) is 0. The second-order valence-electron chi connectivity index (χ2n) is 6.52. The summed E-state index contributed by atoms with van der Waals surface area (Å²) < 4.78 is 5.63. The van der Waals surface area contributed by atoms with Gasteiger partial charge < -0.3 is 14.2 Å². The Morgan fingerprint density at radius 3 is 2.59 bits per heavy atom. The molecular formula is C19H17ClN4O4S. The average molecular weight is 433 g/mol. The van der Waals surface area contributed by atoms with E-state index in [1.807, 2.05) is 4.90 Å². The molecule has 0 atom stereocenters. The van der Waals surface area contributed by atoms with Gasteiger partial charge in [-0.05, 0) is 30.3 Å². The van der Waals surface area contributed by atoms with Crippen LogP contribution in [0.25, 0.3) is 11.1 Å². The number of hydrogen-bond acceptors (Lipinski definition) is 7. The number of non-ortho nitro benzene ring substituents is 1. The molecule has 2 aromatic carbocycles. The van der Waals surface area contributed by atoms with E-state index in [1.165, 1.54) is 23.9 Å². The number of fused-ring (bicyclic) bond motifs is 1. The first kappa shape index (κ1) is 19.5. The number of hydrogen-bond donors (Lipinski definition) is 0. The molecule has 10 heteroatoms. The number of aromatic nitrogens is 1. The number of carbonyl (C=O) groups is 1. The number of oxazole rings is 1. The van der Waals surface area contributed by atoms with Crippen LogP contribution in [0.3, 0.4) is 0 Å². The molecule has 1 aromatic heterocycles. The predicted molar refractivity (Wildman–Crippen MR) is 112 cm³/mol. The molecule has 0 radical (unpaired) electrons. The highest BCUT2D eigenvalue weighted by atomic mass is 35.5. The van der Waals surface area contributed by atoms with Crippen molar-refractivity contribution in [1.29, 1.82) is 0 Å². The number of piperazine rings is 1. The summed E-state index contributed by atoms with van der Waals surface area (Å²) in [5, 5.41) is 11.8. The Labute approximate surface area is 175 Å². The van der Waals surface area contributed by atoms with E-state index in [4.69, 9.17) is 16.0 Å². The number of benzene rings is 2. The molecule has 2 heterocycles. The maximum absolute atomic E-state index is 12.5. The Balaban J connectivity index is 1.29. The van der Waals surface area contributed by atoms with Gasteiger partial charge >= 0.3 is 0 Å². The van der Waals surface area contributed by atoms with Gasteiger partial charge in [-0.25, -0.2) is 4.98 Å². The molecule has 1 saturated heterocycles. The van der Waals surface area contributed by atoms with Crippen molar-refractivity contribution in [2.75, 3.05) is 36.8 Å². The van der Waals surface area contributed by atoms with Gasteiger partial charge in [0.2, 0.25) is 5.91 Å². The van der Waals surface area contributed by atoms with Crippen LogP contribution in [0.5, 0.6) is 0 Å². The largest absolute Gasteiger partial charge is 0.431 e. The highest BCUT2D eigenvalue weighted by Gasteiger charge is 2.22. The lowest BCUT2D eigenvalue weighted by Crippen LogP contribution is -2.49. The predicted octanol–water partition coefficient (Wildman–Crippen LogP) is 3.83. The topological polar surface area (TPSA) is 92.7 Å². The first-order chi connectivity index (χ1) is 14.0. The zero-order chi connectivity index (χ0) is 20.4. The van der Waals surface area contributed by atoms with Crippen molar-refractivity contribution < 1.29 is 14.1 Å². The molecule has 0 bridgehead atoms. The third-order valence-electron chi connectivity index (χ3n) is 4.71. The smallest absolute Gasteiger partial charge is 0.269 e. The quantitative estimate of drug-likeness (QED) is 0.343. The molecule has 0 saturated carbocycles. The SMILES string of the molecule is O=C(CSc1nc2cc(Cl)ccc2o1)N1CCN(c2ccc([N+](=O)[O-])cc2)CC1. The van der Waals surface area contributed by atoms with E-state index < -0.39 is 4.92 Å². The molecule has 1 aliphatic rings. The molecule has 0 N–H and O–H groups in total. The molecule has 1 aliphatic heterocycles. The summed E-state index contributed by atoms with van der Waals surface area (Å²) in [6, 6.07) is 11.7. The van der Waals surface area contributed by atoms with E-state index >= 15 is 0 Å². The third-order valence-corrected chi connectivity index (χ3v) is 5.76. The second-order valence-corrected chi connectivity index (χ2v) is 7.88. The number of carbonyl (C=O) groups excluding carboxylic acids is 1. The molecule has 150 valence electrons. The average Bonchev–Trinajstić information content (AvgIpc) is 3.14. The van der Waals surface area contributed by atoms with Crippen molar-refractivity contribution in [2.24, 2.45) is 0 Å². The maximum atomic E-state index is 12.5. The number of halogens is 1. The summed E-state index contributed by atoms with van der Waals surface area (Å²) >= 11 is 7.22. The highest BCUT2D eigenvalue weighted by molar-refractivity contribution is 7.99. The summed E-state index contributed by atoms with van der Waals surface area (Å²) in [5.41, 5.74) is 2.30. The molecule has 4 rings (SSSR count). The van der Waals surface area contributed by atoms with Gasteiger partial charge in [0.05, 0.1) is 10.7 Å². The number of nitro benzene ring substituents is 1. The minimum absolute atomic E-state index is 0.0265. The molecule has 0 aliphatic carbocycles. The van der Waals surface area contributed by atoms with Gasteiger partial charge in [0, 0.05) is 49.0 Å². The summed E-state index contributed by atoms with van der Waals surface area (Å²) in [5.74, 6) is 0.275. The molecule has 0 unspecified atom stereocenters. The minimum atomic E-state index is -0.413. The fourth-order valence-corrected chi connectivity index (χ4v) is 4.06. The second kappa shape index (κ2) is 8.30. The van der Waals surface area contributed by atoms with E-state index in [0.717, 1.165) is 5.69 Å². The van der Waals surface area contributed by atoms with Crippen LogP contribution >= 0.6 is 23.4 Å². The van der Waals surface area contributed by atoms with Crippen LogP contribution in [0.15, 0.2) is 52.1 Å². The van der Waals surface area contributed by atoms with Gasteiger partial charge in [0.15, 0.2) is 5.58 Å². The van der Waals surface area contributed by atoms with Gasteiger partial charge in [-0.3, -0.25) is 14.9 Å². The van der Waals surface area contributed by atoms with Crippen LogP contribution in [-0.4, -0.2) is 52.6 Å². The Morgan fingerprint density at radius 2 is 1.90 bits per heavy atom. The number of nitro groups is 1. The zero-order valence-electron chi connectivity index (χ0n) is 15.3. The number of amides is 1. The van der Waals surface area contributed by atoms with Crippen LogP contribution in [0.1, 0.15) is 0 Å². The first-order valence-corrected chi connectivity index (χ1v) is 10.3. The Morgan fingerprint density at radius 1 is 1.17 bits per heavy atom. The Hall–Kier alpha value is -2.78. The summed E-state index contributed by atoms with van der Waals surface area (Å²) in [6.45, 7) is 2.55. The standard InChI is InChI=1S/C19H17ClN4O4S/c20-13-1-6-17-16(11-13)21-19(28-17)29-12-18(25)23-9-7-22(8-10-23)14-2-4-15(5-3-14)24(26)27/h1-6,11H,7-10,12H2. The van der Waals surface area contributed by atoms with Crippen LogP contribution in [-0.2, 0) is 4.79 Å². The van der Waals surface area contributed by atoms with Crippen molar-refractivity contribution in [3.8, 4) is 0 Å². The lowest BCUT2D eigenvalue weighted by atomic mass is 10.2. The van der Waals surface area contributed by atoms with Crippen molar-refractivity contribution in [3.05, 3.63) is 57.6 Å². The van der Waals surface area contributed by atoms with Gasteiger partial charge in [-0.2, -0.15) is 0 Å². The van der Waals surface area contributed by atoms with Crippen molar-refractivity contribution in [1.82, 2.24) is 9.88 Å². The zero-order valence-corrected chi connectivity index (χ0v) is 16.9. The summed E-state index contributed by atoms with van der Waals surface area (Å²) in [7, 11) is 0. The van der Waals surface area contributed by atoms with E-state index in [-0.39, 0.29) is 17.3 Å². The molecule has 1 amide bonds. The number of rotatable bonds is 5. The van der Waals surface area contributed by atoms with E-state index in [9.17, 15) is 14.9 Å². The first-order valence-electron chi connectivity index (χ1n) is 8.96. The Kier molecular flexibility index (Phi) is 5.59. The van der Waals surface area contributed by atoms with Crippen LogP contribution < -0.4 is 4.90 Å².